The predicted molar refractivity (Wildman–Crippen MR) is 82.3 cm³/mol. The summed E-state index contributed by atoms with van der Waals surface area (Å²) < 4.78 is 5.77. The largest absolute Gasteiger partial charge is 0.488 e. The lowest BCUT2D eigenvalue weighted by Gasteiger charge is -2.15. The fourth-order valence-corrected chi connectivity index (χ4v) is 2.25. The van der Waals surface area contributed by atoms with E-state index in [0.29, 0.717) is 16.3 Å². The van der Waals surface area contributed by atoms with Gasteiger partial charge in [-0.3, -0.25) is 0 Å². The summed E-state index contributed by atoms with van der Waals surface area (Å²) in [5.41, 5.74) is 3.13. The minimum atomic E-state index is -0.601. The summed E-state index contributed by atoms with van der Waals surface area (Å²) in [7, 11) is 0. The number of aryl methyl sites for hydroxylation is 1. The zero-order valence-corrected chi connectivity index (χ0v) is 12.7. The molecular formula is C17H16ClNO2. The van der Waals surface area contributed by atoms with E-state index in [4.69, 9.17) is 21.6 Å². The first-order valence-electron chi connectivity index (χ1n) is 6.61. The van der Waals surface area contributed by atoms with Crippen molar-refractivity contribution in [3.05, 3.63) is 63.7 Å². The lowest BCUT2D eigenvalue weighted by Crippen LogP contribution is -2.02. The van der Waals surface area contributed by atoms with Gasteiger partial charge in [-0.15, -0.1) is 0 Å². The van der Waals surface area contributed by atoms with Gasteiger partial charge in [0.2, 0.25) is 0 Å². The molecule has 3 nitrogen and oxygen atoms in total. The summed E-state index contributed by atoms with van der Waals surface area (Å²) in [5, 5.41) is 19.1. The summed E-state index contributed by atoms with van der Waals surface area (Å²) in [6.45, 7) is 3.96. The van der Waals surface area contributed by atoms with Crippen LogP contribution in [0.25, 0.3) is 0 Å². The molecule has 1 N–H and O–H groups in total. The van der Waals surface area contributed by atoms with Gasteiger partial charge in [0.1, 0.15) is 12.4 Å². The predicted octanol–water partition coefficient (Wildman–Crippen LogP) is 4.15. The summed E-state index contributed by atoms with van der Waals surface area (Å²) >= 11 is 6.12. The van der Waals surface area contributed by atoms with E-state index in [1.54, 1.807) is 25.1 Å². The smallest absolute Gasteiger partial charge is 0.125 e. The lowest BCUT2D eigenvalue weighted by atomic mass is 10.1. The van der Waals surface area contributed by atoms with Crippen molar-refractivity contribution in [2.75, 3.05) is 0 Å². The van der Waals surface area contributed by atoms with E-state index in [2.05, 4.69) is 0 Å². The Balaban J connectivity index is 2.19. The van der Waals surface area contributed by atoms with Crippen molar-refractivity contribution >= 4 is 11.6 Å². The van der Waals surface area contributed by atoms with Crippen LogP contribution in [0.15, 0.2) is 36.4 Å². The number of hydrogen-bond donors (Lipinski definition) is 1. The maximum absolute atomic E-state index is 9.81. The zero-order valence-electron chi connectivity index (χ0n) is 11.9. The standard InChI is InChI=1S/C17H16ClNO2/c1-11-3-6-17(15(7-11)12(2)20)21-10-14-5-4-13(9-19)8-16(14)18/h3-8,12,20H,10H2,1-2H3/t12-/m1/s1. The molecule has 0 bridgehead atoms. The van der Waals surface area contributed by atoms with Gasteiger partial charge in [0.05, 0.1) is 17.7 Å². The van der Waals surface area contributed by atoms with Crippen LogP contribution in [0.3, 0.4) is 0 Å². The van der Waals surface area contributed by atoms with Crippen LogP contribution in [0.2, 0.25) is 5.02 Å². The average molecular weight is 302 g/mol. The molecule has 108 valence electrons. The van der Waals surface area contributed by atoms with Gasteiger partial charge in [0, 0.05) is 16.1 Å². The van der Waals surface area contributed by atoms with Crippen LogP contribution in [0.4, 0.5) is 0 Å². The molecule has 0 aromatic heterocycles. The van der Waals surface area contributed by atoms with E-state index in [1.807, 2.05) is 31.2 Å². The van der Waals surface area contributed by atoms with Crippen molar-refractivity contribution in [2.24, 2.45) is 0 Å². The molecule has 21 heavy (non-hydrogen) atoms. The molecule has 0 unspecified atom stereocenters. The van der Waals surface area contributed by atoms with E-state index in [0.717, 1.165) is 16.7 Å². The summed E-state index contributed by atoms with van der Waals surface area (Å²) in [4.78, 5) is 0. The third-order valence-electron chi connectivity index (χ3n) is 3.18. The number of rotatable bonds is 4. The van der Waals surface area contributed by atoms with Crippen molar-refractivity contribution in [3.63, 3.8) is 0 Å². The Morgan fingerprint density at radius 2 is 2.05 bits per heavy atom. The van der Waals surface area contributed by atoms with Crippen molar-refractivity contribution < 1.29 is 9.84 Å². The van der Waals surface area contributed by atoms with E-state index in [9.17, 15) is 5.11 Å². The lowest BCUT2D eigenvalue weighted by molar-refractivity contribution is 0.190. The van der Waals surface area contributed by atoms with Crippen LogP contribution in [-0.2, 0) is 6.61 Å². The molecule has 0 heterocycles. The van der Waals surface area contributed by atoms with E-state index < -0.39 is 6.10 Å². The number of nitriles is 1. The Hall–Kier alpha value is -2.02. The Labute approximate surface area is 129 Å². The van der Waals surface area contributed by atoms with E-state index >= 15 is 0 Å². The Morgan fingerprint density at radius 3 is 2.67 bits per heavy atom. The molecule has 4 heteroatoms. The second-order valence-corrected chi connectivity index (χ2v) is 5.33. The minimum Gasteiger partial charge on any atom is -0.488 e. The summed E-state index contributed by atoms with van der Waals surface area (Å²) in [5.74, 6) is 0.635. The minimum absolute atomic E-state index is 0.285. The normalized spacial score (nSPS) is 11.8. The van der Waals surface area contributed by atoms with Gasteiger partial charge in [-0.1, -0.05) is 29.3 Å². The molecule has 0 radical (unpaired) electrons. The molecule has 0 fully saturated rings. The first-order valence-corrected chi connectivity index (χ1v) is 6.99. The van der Waals surface area contributed by atoms with Crippen LogP contribution in [0.5, 0.6) is 5.75 Å². The monoisotopic (exact) mass is 301 g/mol. The van der Waals surface area contributed by atoms with Crippen LogP contribution in [-0.4, -0.2) is 5.11 Å². The van der Waals surface area contributed by atoms with Crippen LogP contribution < -0.4 is 4.74 Å². The fraction of sp³-hybridized carbons (Fsp3) is 0.235. The van der Waals surface area contributed by atoms with Gasteiger partial charge in [-0.2, -0.15) is 5.26 Å². The van der Waals surface area contributed by atoms with Crippen molar-refractivity contribution in [2.45, 2.75) is 26.6 Å². The Morgan fingerprint density at radius 1 is 1.29 bits per heavy atom. The number of hydrogen-bond acceptors (Lipinski definition) is 3. The van der Waals surface area contributed by atoms with Crippen LogP contribution in [0, 0.1) is 18.3 Å². The maximum atomic E-state index is 9.81. The van der Waals surface area contributed by atoms with Gasteiger partial charge >= 0.3 is 0 Å². The van der Waals surface area contributed by atoms with Crippen molar-refractivity contribution in [3.8, 4) is 11.8 Å². The molecule has 0 aliphatic rings. The molecule has 0 saturated heterocycles. The van der Waals surface area contributed by atoms with Crippen molar-refractivity contribution in [1.82, 2.24) is 0 Å². The molecule has 0 aliphatic carbocycles. The highest BCUT2D eigenvalue weighted by molar-refractivity contribution is 6.31. The highest BCUT2D eigenvalue weighted by atomic mass is 35.5. The topological polar surface area (TPSA) is 53.2 Å². The molecule has 0 aliphatic heterocycles. The zero-order chi connectivity index (χ0) is 15.4. The first-order chi connectivity index (χ1) is 10.0. The fourth-order valence-electron chi connectivity index (χ4n) is 2.02. The second kappa shape index (κ2) is 6.62. The third-order valence-corrected chi connectivity index (χ3v) is 3.53. The number of nitrogens with zero attached hydrogens (tertiary/aromatic N) is 1. The molecule has 0 saturated carbocycles. The number of aliphatic hydroxyl groups excluding tert-OH is 1. The average Bonchev–Trinajstić information content (AvgIpc) is 2.46. The molecule has 0 spiro atoms. The number of ether oxygens (including phenoxy) is 1. The van der Waals surface area contributed by atoms with Gasteiger partial charge in [0.15, 0.2) is 0 Å². The second-order valence-electron chi connectivity index (χ2n) is 4.92. The first kappa shape index (κ1) is 15.4. The Kier molecular flexibility index (Phi) is 4.85. The molecular weight excluding hydrogens is 286 g/mol. The number of benzene rings is 2. The SMILES string of the molecule is Cc1ccc(OCc2ccc(C#N)cc2Cl)c([C@@H](C)O)c1. The van der Waals surface area contributed by atoms with Crippen LogP contribution >= 0.6 is 11.6 Å². The number of aliphatic hydroxyl groups is 1. The molecule has 0 amide bonds. The maximum Gasteiger partial charge on any atom is 0.125 e. The van der Waals surface area contributed by atoms with Crippen LogP contribution in [0.1, 0.15) is 35.3 Å². The van der Waals surface area contributed by atoms with Gasteiger partial charge in [0.25, 0.3) is 0 Å². The Bertz CT molecular complexity index is 690. The molecule has 2 aromatic rings. The highest BCUT2D eigenvalue weighted by Gasteiger charge is 2.10. The van der Waals surface area contributed by atoms with Gasteiger partial charge in [-0.25, -0.2) is 0 Å². The summed E-state index contributed by atoms with van der Waals surface area (Å²) in [6, 6.07) is 12.8. The van der Waals surface area contributed by atoms with Gasteiger partial charge in [-0.05, 0) is 38.1 Å². The molecule has 2 aromatic carbocycles. The quantitative estimate of drug-likeness (QED) is 0.923. The molecule has 2 rings (SSSR count). The highest BCUT2D eigenvalue weighted by Crippen LogP contribution is 2.28. The van der Waals surface area contributed by atoms with E-state index in [1.165, 1.54) is 0 Å². The van der Waals surface area contributed by atoms with Crippen molar-refractivity contribution in [1.29, 1.82) is 5.26 Å². The van der Waals surface area contributed by atoms with E-state index in [-0.39, 0.29) is 6.61 Å². The molecule has 1 atom stereocenters. The summed E-state index contributed by atoms with van der Waals surface area (Å²) in [6.07, 6.45) is -0.601. The van der Waals surface area contributed by atoms with Gasteiger partial charge < -0.3 is 9.84 Å². The number of halogens is 1. The third kappa shape index (κ3) is 3.75.